The maximum Gasteiger partial charge on any atom is 0.225 e. The number of likely N-dealkylation sites (tertiary alicyclic amines) is 2. The lowest BCUT2D eigenvalue weighted by Crippen LogP contribution is -2.54. The van der Waals surface area contributed by atoms with Crippen molar-refractivity contribution in [3.05, 3.63) is 18.0 Å². The molecule has 170 valence electrons. The highest BCUT2D eigenvalue weighted by atomic mass is 16.1. The monoisotopic (exact) mass is 425 g/mol. The van der Waals surface area contributed by atoms with Gasteiger partial charge in [-0.2, -0.15) is 0 Å². The van der Waals surface area contributed by atoms with Crippen molar-refractivity contribution in [3.63, 3.8) is 0 Å². The normalized spacial score (nSPS) is 32.5. The van der Waals surface area contributed by atoms with Crippen LogP contribution in [0.5, 0.6) is 0 Å². The van der Waals surface area contributed by atoms with Crippen molar-refractivity contribution >= 4 is 11.7 Å². The van der Waals surface area contributed by atoms with E-state index in [1.165, 1.54) is 31.2 Å². The molecule has 1 aliphatic carbocycles. The molecule has 0 amide bonds. The Morgan fingerprint density at radius 1 is 0.935 bits per heavy atom. The molecule has 4 heterocycles. The van der Waals surface area contributed by atoms with Gasteiger partial charge >= 0.3 is 0 Å². The van der Waals surface area contributed by atoms with Crippen LogP contribution in [0.3, 0.4) is 0 Å². The third-order valence-corrected chi connectivity index (χ3v) is 8.46. The van der Waals surface area contributed by atoms with E-state index in [4.69, 9.17) is 9.97 Å². The van der Waals surface area contributed by atoms with E-state index in [0.717, 1.165) is 51.5 Å². The maximum atomic E-state index is 12.3. The van der Waals surface area contributed by atoms with E-state index >= 15 is 0 Å². The largest absolute Gasteiger partial charge is 0.332 e. The summed E-state index contributed by atoms with van der Waals surface area (Å²) in [4.78, 5) is 29.6. The van der Waals surface area contributed by atoms with Gasteiger partial charge in [0.15, 0.2) is 0 Å². The van der Waals surface area contributed by atoms with Crippen LogP contribution in [0.15, 0.2) is 12.4 Å². The Kier molecular flexibility index (Phi) is 6.04. The average Bonchev–Trinajstić information content (AvgIpc) is 3.02. The summed E-state index contributed by atoms with van der Waals surface area (Å²) in [7, 11) is 0. The topological polar surface area (TPSA) is 52.6 Å². The molecule has 4 aliphatic rings. The summed E-state index contributed by atoms with van der Waals surface area (Å²) in [5.74, 6) is 2.48. The molecule has 0 N–H and O–H groups in total. The van der Waals surface area contributed by atoms with Gasteiger partial charge in [-0.3, -0.25) is 14.6 Å². The van der Waals surface area contributed by atoms with Gasteiger partial charge in [-0.25, -0.2) is 9.97 Å². The van der Waals surface area contributed by atoms with E-state index in [1.54, 1.807) is 0 Å². The van der Waals surface area contributed by atoms with Gasteiger partial charge in [-0.15, -0.1) is 0 Å². The summed E-state index contributed by atoms with van der Waals surface area (Å²) >= 11 is 0. The number of Topliss-reactive ketones (excluding diaryl/α,β-unsaturated/α-hetero) is 1. The van der Waals surface area contributed by atoms with Crippen LogP contribution in [0, 0.1) is 11.8 Å². The number of hydrogen-bond donors (Lipinski definition) is 0. The van der Waals surface area contributed by atoms with Crippen molar-refractivity contribution < 1.29 is 4.79 Å². The molecule has 6 nitrogen and oxygen atoms in total. The number of piperazine rings is 1. The van der Waals surface area contributed by atoms with Crippen LogP contribution in [0.25, 0.3) is 0 Å². The number of ketones is 1. The molecule has 4 fully saturated rings. The Balaban J connectivity index is 1.12. The number of nitrogens with zero attached hydrogens (tertiary/aromatic N) is 5. The highest BCUT2D eigenvalue weighted by Crippen LogP contribution is 2.37. The van der Waals surface area contributed by atoms with Gasteiger partial charge in [0, 0.05) is 74.5 Å². The van der Waals surface area contributed by atoms with Crippen molar-refractivity contribution in [1.29, 1.82) is 0 Å². The second kappa shape index (κ2) is 8.78. The molecule has 31 heavy (non-hydrogen) atoms. The van der Waals surface area contributed by atoms with E-state index in [9.17, 15) is 4.79 Å². The van der Waals surface area contributed by atoms with E-state index < -0.39 is 0 Å². The molecule has 2 atom stereocenters. The average molecular weight is 426 g/mol. The fourth-order valence-corrected chi connectivity index (χ4v) is 6.47. The minimum Gasteiger partial charge on any atom is -0.332 e. The standard InChI is InChI=1S/C25H39N5O/c1-4-28-15-22-9-10-23(16-28)30(22)25-26-11-19(12-27-25)20-13-29(14-20)21-7-5-18(6-8-21)24(31)17(2)3/h11-12,17-18,20-23H,4-10,13-16H2,1-3H3/t18-,21+,22?,23?. The third kappa shape index (κ3) is 4.13. The lowest BCUT2D eigenvalue weighted by Gasteiger charge is -2.46. The summed E-state index contributed by atoms with van der Waals surface area (Å²) in [6.07, 6.45) is 11.2. The lowest BCUT2D eigenvalue weighted by molar-refractivity contribution is -0.127. The predicted octanol–water partition coefficient (Wildman–Crippen LogP) is 3.33. The third-order valence-electron chi connectivity index (χ3n) is 8.46. The van der Waals surface area contributed by atoms with Crippen molar-refractivity contribution in [2.45, 2.75) is 83.3 Å². The number of carbonyl (C=O) groups excluding carboxylic acids is 1. The Morgan fingerprint density at radius 3 is 2.06 bits per heavy atom. The molecule has 2 unspecified atom stereocenters. The molecule has 6 heteroatoms. The molecular weight excluding hydrogens is 386 g/mol. The number of rotatable bonds is 6. The second-order valence-corrected chi connectivity index (χ2v) is 10.7. The minimum atomic E-state index is 0.184. The van der Waals surface area contributed by atoms with Crippen LogP contribution in [0.4, 0.5) is 5.95 Å². The minimum absolute atomic E-state index is 0.184. The molecule has 2 bridgehead atoms. The second-order valence-electron chi connectivity index (χ2n) is 10.7. The molecule has 0 spiro atoms. The molecule has 1 aromatic rings. The van der Waals surface area contributed by atoms with Gasteiger partial charge < -0.3 is 4.90 Å². The van der Waals surface area contributed by atoms with Crippen LogP contribution in [0.2, 0.25) is 0 Å². The quantitative estimate of drug-likeness (QED) is 0.697. The predicted molar refractivity (Wildman–Crippen MR) is 123 cm³/mol. The van der Waals surface area contributed by atoms with Gasteiger partial charge in [0.1, 0.15) is 5.78 Å². The number of aromatic nitrogens is 2. The van der Waals surface area contributed by atoms with Crippen molar-refractivity contribution in [2.24, 2.45) is 11.8 Å². The molecular formula is C25H39N5O. The first-order valence-corrected chi connectivity index (χ1v) is 12.6. The van der Waals surface area contributed by atoms with Crippen molar-refractivity contribution in [2.75, 3.05) is 37.6 Å². The summed E-state index contributed by atoms with van der Waals surface area (Å²) in [5.41, 5.74) is 1.29. The fourth-order valence-electron chi connectivity index (χ4n) is 6.47. The van der Waals surface area contributed by atoms with E-state index in [2.05, 4.69) is 34.0 Å². The van der Waals surface area contributed by atoms with E-state index in [0.29, 0.717) is 35.7 Å². The Hall–Kier alpha value is -1.53. The Morgan fingerprint density at radius 2 is 1.52 bits per heavy atom. The first-order chi connectivity index (χ1) is 15.0. The van der Waals surface area contributed by atoms with Gasteiger partial charge in [0.25, 0.3) is 0 Å². The SMILES string of the molecule is CCN1CC2CCC(C1)N2c1ncc(C2CN([C@H]3CC[C@@H](C(=O)C(C)C)CC3)C2)cn1. The number of likely N-dealkylation sites (N-methyl/N-ethyl adjacent to an activating group) is 1. The maximum absolute atomic E-state index is 12.3. The number of fused-ring (bicyclic) bond motifs is 2. The van der Waals surface area contributed by atoms with Gasteiger partial charge in [0.2, 0.25) is 5.95 Å². The molecule has 1 saturated carbocycles. The molecule has 3 aliphatic heterocycles. The molecule has 0 aromatic carbocycles. The summed E-state index contributed by atoms with van der Waals surface area (Å²) < 4.78 is 0. The van der Waals surface area contributed by atoms with Crippen molar-refractivity contribution in [1.82, 2.24) is 19.8 Å². The first kappa shape index (κ1) is 21.3. The Labute approximate surface area is 187 Å². The van der Waals surface area contributed by atoms with Gasteiger partial charge in [-0.1, -0.05) is 20.8 Å². The Bertz CT molecular complexity index is 753. The van der Waals surface area contributed by atoms with Crippen LogP contribution in [-0.2, 0) is 4.79 Å². The highest BCUT2D eigenvalue weighted by molar-refractivity contribution is 5.82. The number of carbonyl (C=O) groups is 1. The highest BCUT2D eigenvalue weighted by Gasteiger charge is 2.41. The smallest absolute Gasteiger partial charge is 0.225 e. The summed E-state index contributed by atoms with van der Waals surface area (Å²) in [6.45, 7) is 12.0. The summed E-state index contributed by atoms with van der Waals surface area (Å²) in [6, 6.07) is 1.83. The fraction of sp³-hybridized carbons (Fsp3) is 0.800. The van der Waals surface area contributed by atoms with E-state index in [-0.39, 0.29) is 5.92 Å². The zero-order chi connectivity index (χ0) is 21.5. The molecule has 0 radical (unpaired) electrons. The number of anilines is 1. The van der Waals surface area contributed by atoms with Crippen LogP contribution < -0.4 is 4.90 Å². The van der Waals surface area contributed by atoms with Crippen molar-refractivity contribution in [3.8, 4) is 0 Å². The zero-order valence-electron chi connectivity index (χ0n) is 19.5. The summed E-state index contributed by atoms with van der Waals surface area (Å²) in [5, 5.41) is 0. The van der Waals surface area contributed by atoms with Crippen LogP contribution in [-0.4, -0.2) is 76.4 Å². The zero-order valence-corrected chi connectivity index (χ0v) is 19.5. The lowest BCUT2D eigenvalue weighted by atomic mass is 9.78. The first-order valence-electron chi connectivity index (χ1n) is 12.6. The van der Waals surface area contributed by atoms with Gasteiger partial charge in [0.05, 0.1) is 0 Å². The molecule has 3 saturated heterocycles. The molecule has 5 rings (SSSR count). The van der Waals surface area contributed by atoms with Crippen LogP contribution in [0.1, 0.15) is 70.8 Å². The van der Waals surface area contributed by atoms with E-state index in [1.807, 2.05) is 13.8 Å². The number of hydrogen-bond acceptors (Lipinski definition) is 6. The molecule has 1 aromatic heterocycles. The van der Waals surface area contributed by atoms with Gasteiger partial charge in [-0.05, 0) is 50.6 Å². The van der Waals surface area contributed by atoms with Crippen LogP contribution >= 0.6 is 0 Å².